The van der Waals surface area contributed by atoms with Gasteiger partial charge in [0.15, 0.2) is 0 Å². The summed E-state index contributed by atoms with van der Waals surface area (Å²) < 4.78 is 27.4. The topological polar surface area (TPSA) is 36.9 Å². The van der Waals surface area contributed by atoms with Gasteiger partial charge in [-0.25, -0.2) is 0 Å². The van der Waals surface area contributed by atoms with Gasteiger partial charge in [-0.15, -0.1) is 0 Å². The highest BCUT2D eigenvalue weighted by Crippen LogP contribution is 2.44. The van der Waals surface area contributed by atoms with E-state index in [9.17, 15) is 0 Å². The van der Waals surface area contributed by atoms with Gasteiger partial charge in [0.1, 0.15) is 23.6 Å². The Labute approximate surface area is 401 Å². The van der Waals surface area contributed by atoms with E-state index in [4.69, 9.17) is 18.9 Å². The van der Waals surface area contributed by atoms with Gasteiger partial charge in [0.2, 0.25) is 0 Å². The van der Waals surface area contributed by atoms with Crippen molar-refractivity contribution in [3.8, 4) is 17.2 Å². The molecule has 1 aliphatic rings. The Morgan fingerprint density at radius 1 is 0.515 bits per heavy atom. The minimum Gasteiger partial charge on any atom is -0.501 e. The molecule has 0 aliphatic heterocycles. The van der Waals surface area contributed by atoms with Gasteiger partial charge in [-0.3, -0.25) is 0 Å². The fourth-order valence-electron chi connectivity index (χ4n) is 8.79. The van der Waals surface area contributed by atoms with Crippen molar-refractivity contribution in [2.45, 2.75) is 145 Å². The van der Waals surface area contributed by atoms with Gasteiger partial charge in [-0.1, -0.05) is 192 Å². The molecule has 1 aliphatic carbocycles. The first kappa shape index (κ1) is 50.6. The van der Waals surface area contributed by atoms with E-state index in [1.165, 1.54) is 60.7 Å². The highest BCUT2D eigenvalue weighted by atomic mass is 31.1. The zero-order chi connectivity index (χ0) is 48.2. The quantitative estimate of drug-likeness (QED) is 0.131. The Kier molecular flexibility index (Phi) is 15.8. The molecule has 0 aromatic heterocycles. The van der Waals surface area contributed by atoms with Crippen molar-refractivity contribution >= 4 is 18.5 Å². The van der Waals surface area contributed by atoms with Crippen LogP contribution in [0, 0.1) is 5.41 Å². The molecule has 6 rings (SSSR count). The highest BCUT2D eigenvalue weighted by Gasteiger charge is 2.28. The molecule has 0 N–H and O–H groups in total. The maximum atomic E-state index is 7.42. The molecule has 6 bridgehead atoms. The SMILES string of the molecule is CCOc1c2cc(C(C)(C)C)cc1Cc1cc(C(C)(C)C)cc(c1OC)Cc1cc(C(C)(C)C)cc(c1OCP(c1ccccc1)c1ccccc1)CC/C(OC)=C(\C=C(/C)C(C)(C)C)C2. The number of benzene rings is 5. The Bertz CT molecular complexity index is 2480. The minimum atomic E-state index is -0.823. The molecule has 0 spiro atoms. The van der Waals surface area contributed by atoms with Crippen LogP contribution in [-0.2, 0) is 46.7 Å². The van der Waals surface area contributed by atoms with Crippen molar-refractivity contribution in [3.63, 3.8) is 0 Å². The van der Waals surface area contributed by atoms with Crippen LogP contribution in [0.4, 0.5) is 0 Å². The molecule has 66 heavy (non-hydrogen) atoms. The number of ether oxygens (including phenoxy) is 4. The molecule has 5 aromatic carbocycles. The first-order chi connectivity index (χ1) is 31.0. The summed E-state index contributed by atoms with van der Waals surface area (Å²) in [5.74, 6) is 3.84. The third-order valence-electron chi connectivity index (χ3n) is 13.2. The maximum Gasteiger partial charge on any atom is 0.126 e. The molecular weight excluding hydrogens is 828 g/mol. The van der Waals surface area contributed by atoms with E-state index < -0.39 is 7.92 Å². The number of rotatable bonds is 10. The van der Waals surface area contributed by atoms with Gasteiger partial charge < -0.3 is 18.9 Å². The number of hydrogen-bond acceptors (Lipinski definition) is 4. The van der Waals surface area contributed by atoms with Crippen LogP contribution in [0.25, 0.3) is 0 Å². The molecule has 5 heteroatoms. The first-order valence-corrected chi connectivity index (χ1v) is 25.6. The number of aryl methyl sites for hydroxylation is 1. The number of allylic oxidation sites excluding steroid dienone is 4. The predicted molar refractivity (Wildman–Crippen MR) is 283 cm³/mol. The van der Waals surface area contributed by atoms with Crippen LogP contribution in [0.15, 0.2) is 120 Å². The molecule has 5 aromatic rings. The van der Waals surface area contributed by atoms with Crippen molar-refractivity contribution < 1.29 is 18.9 Å². The second-order valence-corrected chi connectivity index (χ2v) is 24.5. The third-order valence-corrected chi connectivity index (χ3v) is 15.5. The van der Waals surface area contributed by atoms with E-state index in [1.54, 1.807) is 0 Å². The predicted octanol–water partition coefficient (Wildman–Crippen LogP) is 15.0. The minimum absolute atomic E-state index is 0.0264. The molecule has 0 unspecified atom stereocenters. The summed E-state index contributed by atoms with van der Waals surface area (Å²) in [6.45, 7) is 32.6. The average Bonchev–Trinajstić information content (AvgIpc) is 3.24. The van der Waals surface area contributed by atoms with Crippen molar-refractivity contribution in [3.05, 3.63) is 170 Å². The monoisotopic (exact) mass is 907 g/mol. The van der Waals surface area contributed by atoms with Crippen LogP contribution in [0.1, 0.15) is 153 Å². The number of hydrogen-bond donors (Lipinski definition) is 0. The van der Waals surface area contributed by atoms with Crippen molar-refractivity contribution in [2.24, 2.45) is 5.41 Å². The summed E-state index contributed by atoms with van der Waals surface area (Å²) in [5.41, 5.74) is 13.1. The van der Waals surface area contributed by atoms with Gasteiger partial charge in [0.05, 0.1) is 26.6 Å². The lowest BCUT2D eigenvalue weighted by Gasteiger charge is -2.28. The van der Waals surface area contributed by atoms with E-state index in [0.717, 1.165) is 40.6 Å². The number of methoxy groups -OCH3 is 2. The van der Waals surface area contributed by atoms with Crippen LogP contribution < -0.4 is 24.8 Å². The van der Waals surface area contributed by atoms with Crippen molar-refractivity contribution in [1.29, 1.82) is 0 Å². The van der Waals surface area contributed by atoms with E-state index in [-0.39, 0.29) is 21.7 Å². The normalized spacial score (nSPS) is 15.4. The molecular formula is C61H79O4P. The fraction of sp³-hybridized carbons (Fsp3) is 0.443. The van der Waals surface area contributed by atoms with Crippen molar-refractivity contribution in [2.75, 3.05) is 27.2 Å². The van der Waals surface area contributed by atoms with Gasteiger partial charge in [0.25, 0.3) is 0 Å². The second-order valence-electron chi connectivity index (χ2n) is 22.4. The zero-order valence-corrected chi connectivity index (χ0v) is 44.2. The van der Waals surface area contributed by atoms with Crippen LogP contribution in [0.3, 0.4) is 0 Å². The Morgan fingerprint density at radius 3 is 1.32 bits per heavy atom. The smallest absolute Gasteiger partial charge is 0.126 e. The molecule has 0 saturated carbocycles. The molecule has 0 atom stereocenters. The van der Waals surface area contributed by atoms with Crippen LogP contribution >= 0.6 is 7.92 Å². The Hall–Kier alpha value is -4.79. The average molecular weight is 907 g/mol. The van der Waals surface area contributed by atoms with E-state index >= 15 is 0 Å². The first-order valence-electron chi connectivity index (χ1n) is 24.1. The summed E-state index contributed by atoms with van der Waals surface area (Å²) in [7, 11) is 2.87. The number of fused-ring (bicyclic) bond motifs is 6. The zero-order valence-electron chi connectivity index (χ0n) is 43.3. The fourth-order valence-corrected chi connectivity index (χ4v) is 10.7. The lowest BCUT2D eigenvalue weighted by molar-refractivity contribution is 0.272. The van der Waals surface area contributed by atoms with Crippen molar-refractivity contribution in [1.82, 2.24) is 0 Å². The van der Waals surface area contributed by atoms with Gasteiger partial charge >= 0.3 is 0 Å². The van der Waals surface area contributed by atoms with Gasteiger partial charge in [-0.2, -0.15) is 0 Å². The molecule has 352 valence electrons. The maximum absolute atomic E-state index is 7.42. The summed E-state index contributed by atoms with van der Waals surface area (Å²) in [6.07, 6.45) is 6.38. The molecule has 4 nitrogen and oxygen atoms in total. The van der Waals surface area contributed by atoms with Crippen LogP contribution in [0.2, 0.25) is 0 Å². The highest BCUT2D eigenvalue weighted by molar-refractivity contribution is 7.72. The molecule has 0 amide bonds. The Balaban J connectivity index is 1.70. The van der Waals surface area contributed by atoms with Crippen LogP contribution in [-0.4, -0.2) is 27.2 Å². The third kappa shape index (κ3) is 12.2. The molecule has 0 fully saturated rings. The summed E-state index contributed by atoms with van der Waals surface area (Å²) >= 11 is 0. The second kappa shape index (κ2) is 20.6. The van der Waals surface area contributed by atoms with Crippen LogP contribution in [0.5, 0.6) is 17.2 Å². The lowest BCUT2D eigenvalue weighted by atomic mass is 9.80. The molecule has 0 radical (unpaired) electrons. The standard InChI is InChI=1S/C61H79O4P/c1-17-64-57-46-31-43(30-41(2)58(3,4)5)54(62-15)29-28-42-34-49(59(6,7)8)38-47(56(42)65-40-66(52-24-20-18-21-25-52)53-26-22-19-23-27-53)32-44-35-50(60(9,10)11)36-45(55(44)63-16)33-48(57)39-51(37-46)61(12,13)14/h18-27,30,34-39H,17,28-29,31-33,40H2,1-16H3/b41-30+,54-43-. The largest absolute Gasteiger partial charge is 0.501 e. The summed E-state index contributed by atoms with van der Waals surface area (Å²) in [6, 6.07) is 36.2. The molecule has 0 saturated heterocycles. The Morgan fingerprint density at radius 2 is 0.924 bits per heavy atom. The summed E-state index contributed by atoms with van der Waals surface area (Å²) in [4.78, 5) is 0. The van der Waals surface area contributed by atoms with Gasteiger partial charge in [-0.05, 0) is 116 Å². The lowest BCUT2D eigenvalue weighted by Crippen LogP contribution is -2.19. The molecule has 0 heterocycles. The van der Waals surface area contributed by atoms with E-state index in [1.807, 2.05) is 14.2 Å². The van der Waals surface area contributed by atoms with E-state index in [0.29, 0.717) is 38.6 Å². The van der Waals surface area contributed by atoms with Gasteiger partial charge in [0, 0.05) is 25.7 Å². The summed E-state index contributed by atoms with van der Waals surface area (Å²) in [5, 5.41) is 2.59. The van der Waals surface area contributed by atoms with E-state index in [2.05, 4.69) is 200 Å².